The fraction of sp³-hybridized carbons (Fsp3) is 0.389. The van der Waals surface area contributed by atoms with Gasteiger partial charge in [-0.2, -0.15) is 0 Å². The molecule has 1 aromatic carbocycles. The fourth-order valence-corrected chi connectivity index (χ4v) is 3.17. The van der Waals surface area contributed by atoms with Crippen LogP contribution in [0.2, 0.25) is 0 Å². The van der Waals surface area contributed by atoms with E-state index in [4.69, 9.17) is 4.74 Å². The van der Waals surface area contributed by atoms with Crippen LogP contribution >= 0.6 is 0 Å². The molecule has 2 heterocycles. The summed E-state index contributed by atoms with van der Waals surface area (Å²) in [6, 6.07) is 6.51. The second-order valence-electron chi connectivity index (χ2n) is 6.03. The number of carboxylic acid groups (broad SMARTS) is 1. The van der Waals surface area contributed by atoms with Crippen molar-refractivity contribution in [3.63, 3.8) is 0 Å². The molecule has 1 saturated heterocycles. The minimum absolute atomic E-state index is 0.259. The molecule has 0 bridgehead atoms. The van der Waals surface area contributed by atoms with E-state index in [-0.39, 0.29) is 5.91 Å². The van der Waals surface area contributed by atoms with Crippen molar-refractivity contribution in [2.75, 3.05) is 13.7 Å². The van der Waals surface area contributed by atoms with E-state index >= 15 is 0 Å². The van der Waals surface area contributed by atoms with Crippen molar-refractivity contribution < 1.29 is 19.4 Å². The van der Waals surface area contributed by atoms with Gasteiger partial charge in [0.05, 0.1) is 23.9 Å². The Balaban J connectivity index is 1.99. The number of aryl methyl sites for hydroxylation is 1. The first-order valence-corrected chi connectivity index (χ1v) is 8.00. The number of hydrogen-bond donors (Lipinski definition) is 1. The molecule has 1 aliphatic rings. The third-order valence-corrected chi connectivity index (χ3v) is 4.49. The lowest BCUT2D eigenvalue weighted by Crippen LogP contribution is -2.48. The van der Waals surface area contributed by atoms with Crippen LogP contribution < -0.4 is 4.74 Å². The number of aromatic nitrogens is 1. The van der Waals surface area contributed by atoms with Crippen LogP contribution in [-0.4, -0.2) is 46.6 Å². The van der Waals surface area contributed by atoms with Gasteiger partial charge >= 0.3 is 5.97 Å². The third kappa shape index (κ3) is 2.91. The maximum atomic E-state index is 12.9. The van der Waals surface area contributed by atoms with Crippen LogP contribution in [0.3, 0.4) is 0 Å². The number of benzene rings is 1. The fourth-order valence-electron chi connectivity index (χ4n) is 3.17. The lowest BCUT2D eigenvalue weighted by atomic mass is 10.00. The molecule has 1 N–H and O–H groups in total. The highest BCUT2D eigenvalue weighted by Gasteiger charge is 2.33. The van der Waals surface area contributed by atoms with Gasteiger partial charge in [0.25, 0.3) is 5.91 Å². The Hall–Kier alpha value is -2.63. The zero-order valence-electron chi connectivity index (χ0n) is 13.8. The van der Waals surface area contributed by atoms with E-state index in [1.54, 1.807) is 20.1 Å². The molecule has 1 amide bonds. The van der Waals surface area contributed by atoms with Crippen molar-refractivity contribution >= 4 is 22.8 Å². The van der Waals surface area contributed by atoms with Gasteiger partial charge in [-0.15, -0.1) is 0 Å². The Morgan fingerprint density at radius 2 is 2.08 bits per heavy atom. The number of ether oxygens (including phenoxy) is 1. The number of likely N-dealkylation sites (tertiary alicyclic amines) is 1. The Kier molecular flexibility index (Phi) is 4.38. The van der Waals surface area contributed by atoms with Gasteiger partial charge in [-0.1, -0.05) is 0 Å². The lowest BCUT2D eigenvalue weighted by Gasteiger charge is -2.33. The van der Waals surface area contributed by atoms with E-state index in [9.17, 15) is 14.7 Å². The summed E-state index contributed by atoms with van der Waals surface area (Å²) in [6.07, 6.45) is 2.15. The average Bonchev–Trinajstić information content (AvgIpc) is 2.60. The highest BCUT2D eigenvalue weighted by molar-refractivity contribution is 6.00. The first kappa shape index (κ1) is 16.2. The van der Waals surface area contributed by atoms with Gasteiger partial charge in [0.15, 0.2) is 0 Å². The Morgan fingerprint density at radius 1 is 1.29 bits per heavy atom. The molecule has 6 nitrogen and oxygen atoms in total. The molecule has 1 fully saturated rings. The molecule has 0 aliphatic carbocycles. The normalized spacial score (nSPS) is 17.8. The monoisotopic (exact) mass is 328 g/mol. The number of nitrogens with zero attached hydrogens (tertiary/aromatic N) is 2. The van der Waals surface area contributed by atoms with Gasteiger partial charge in [0.2, 0.25) is 0 Å². The first-order chi connectivity index (χ1) is 11.5. The van der Waals surface area contributed by atoms with Gasteiger partial charge in [-0.25, -0.2) is 4.79 Å². The number of rotatable bonds is 3. The van der Waals surface area contributed by atoms with Gasteiger partial charge in [0, 0.05) is 18.0 Å². The Morgan fingerprint density at radius 3 is 2.79 bits per heavy atom. The molecule has 24 heavy (non-hydrogen) atoms. The SMILES string of the molecule is COc1ccc2cc(C(=O)N3CCCC[C@@H]3C(=O)O)c(C)nc2c1. The second kappa shape index (κ2) is 6.47. The third-order valence-electron chi connectivity index (χ3n) is 4.49. The molecular formula is C18H20N2O4. The van der Waals surface area contributed by atoms with E-state index in [2.05, 4.69) is 4.98 Å². The van der Waals surface area contributed by atoms with Crippen molar-refractivity contribution in [2.45, 2.75) is 32.2 Å². The number of hydrogen-bond acceptors (Lipinski definition) is 4. The van der Waals surface area contributed by atoms with E-state index in [0.717, 1.165) is 23.7 Å². The van der Waals surface area contributed by atoms with E-state index in [1.807, 2.05) is 18.2 Å². The number of piperidine rings is 1. The molecule has 0 saturated carbocycles. The van der Waals surface area contributed by atoms with Crippen molar-refractivity contribution in [1.29, 1.82) is 0 Å². The molecule has 126 valence electrons. The number of fused-ring (bicyclic) bond motifs is 1. The largest absolute Gasteiger partial charge is 0.497 e. The lowest BCUT2D eigenvalue weighted by molar-refractivity contribution is -0.143. The summed E-state index contributed by atoms with van der Waals surface area (Å²) in [5, 5.41) is 10.2. The summed E-state index contributed by atoms with van der Waals surface area (Å²) in [5.74, 6) is -0.501. The molecule has 0 radical (unpaired) electrons. The van der Waals surface area contributed by atoms with Crippen LogP contribution in [0.15, 0.2) is 24.3 Å². The standard InChI is InChI=1S/C18H20N2O4/c1-11-14(9-12-6-7-13(24-2)10-15(12)19-11)17(21)20-8-4-3-5-16(20)18(22)23/h6-7,9-10,16H,3-5,8H2,1-2H3,(H,22,23)/t16-/m1/s1. The number of aliphatic carboxylic acids is 1. The van der Waals surface area contributed by atoms with Crippen molar-refractivity contribution in [1.82, 2.24) is 9.88 Å². The topological polar surface area (TPSA) is 79.7 Å². The zero-order valence-corrected chi connectivity index (χ0v) is 13.8. The number of amides is 1. The zero-order chi connectivity index (χ0) is 17.3. The quantitative estimate of drug-likeness (QED) is 0.937. The summed E-state index contributed by atoms with van der Waals surface area (Å²) in [4.78, 5) is 30.3. The molecule has 0 unspecified atom stereocenters. The van der Waals surface area contributed by atoms with Crippen LogP contribution in [0.4, 0.5) is 0 Å². The Labute approximate surface area is 140 Å². The highest BCUT2D eigenvalue weighted by atomic mass is 16.5. The van der Waals surface area contributed by atoms with Crippen molar-refractivity contribution in [3.8, 4) is 5.75 Å². The smallest absolute Gasteiger partial charge is 0.326 e. The predicted octanol–water partition coefficient (Wildman–Crippen LogP) is 2.63. The first-order valence-electron chi connectivity index (χ1n) is 8.00. The molecule has 1 aromatic heterocycles. The van der Waals surface area contributed by atoms with Crippen LogP contribution in [0, 0.1) is 6.92 Å². The van der Waals surface area contributed by atoms with E-state index in [1.165, 1.54) is 4.90 Å². The molecule has 0 spiro atoms. The van der Waals surface area contributed by atoms with Crippen molar-refractivity contribution in [3.05, 3.63) is 35.5 Å². The molecule has 6 heteroatoms. The molecule has 1 aliphatic heterocycles. The van der Waals surface area contributed by atoms with Crippen LogP contribution in [0.5, 0.6) is 5.75 Å². The van der Waals surface area contributed by atoms with Crippen LogP contribution in [-0.2, 0) is 4.79 Å². The second-order valence-corrected chi connectivity index (χ2v) is 6.03. The summed E-state index contributed by atoms with van der Waals surface area (Å²) in [6.45, 7) is 2.24. The minimum Gasteiger partial charge on any atom is -0.497 e. The number of carbonyl (C=O) groups is 2. The van der Waals surface area contributed by atoms with Gasteiger partial charge in [-0.05, 0) is 44.4 Å². The van der Waals surface area contributed by atoms with Crippen LogP contribution in [0.1, 0.15) is 35.3 Å². The minimum atomic E-state index is -0.945. The number of pyridine rings is 1. The highest BCUT2D eigenvalue weighted by Crippen LogP contribution is 2.25. The van der Waals surface area contributed by atoms with Gasteiger partial charge in [-0.3, -0.25) is 9.78 Å². The maximum absolute atomic E-state index is 12.9. The average molecular weight is 328 g/mol. The van der Waals surface area contributed by atoms with E-state index < -0.39 is 12.0 Å². The van der Waals surface area contributed by atoms with Gasteiger partial charge < -0.3 is 14.7 Å². The number of carboxylic acids is 1. The molecule has 1 atom stereocenters. The van der Waals surface area contributed by atoms with Crippen LogP contribution in [0.25, 0.3) is 10.9 Å². The summed E-state index contributed by atoms with van der Waals surface area (Å²) >= 11 is 0. The molecule has 3 rings (SSSR count). The number of methoxy groups -OCH3 is 1. The van der Waals surface area contributed by atoms with E-state index in [0.29, 0.717) is 30.0 Å². The van der Waals surface area contributed by atoms with Gasteiger partial charge in [0.1, 0.15) is 11.8 Å². The van der Waals surface area contributed by atoms with Crippen molar-refractivity contribution in [2.24, 2.45) is 0 Å². The predicted molar refractivity (Wildman–Crippen MR) is 89.3 cm³/mol. The molecule has 2 aromatic rings. The summed E-state index contributed by atoms with van der Waals surface area (Å²) in [5.41, 5.74) is 1.80. The summed E-state index contributed by atoms with van der Waals surface area (Å²) < 4.78 is 5.20. The Bertz CT molecular complexity index is 803. The summed E-state index contributed by atoms with van der Waals surface area (Å²) in [7, 11) is 1.59. The number of carbonyl (C=O) groups excluding carboxylic acids is 1. The maximum Gasteiger partial charge on any atom is 0.326 e. The molecular weight excluding hydrogens is 308 g/mol.